The van der Waals surface area contributed by atoms with Crippen LogP contribution in [0.25, 0.3) is 0 Å². The van der Waals surface area contributed by atoms with E-state index < -0.39 is 12.2 Å². The fourth-order valence-corrected chi connectivity index (χ4v) is 1.10. The normalized spacial score (nSPS) is 18.0. The van der Waals surface area contributed by atoms with Crippen LogP contribution in [0.5, 0.6) is 0 Å². The molecule has 0 aromatic rings. The van der Waals surface area contributed by atoms with Crippen LogP contribution in [0, 0.1) is 0 Å². The van der Waals surface area contributed by atoms with E-state index in [1.54, 1.807) is 13.8 Å². The second-order valence-electron chi connectivity index (χ2n) is 3.09. The molecule has 12 heavy (non-hydrogen) atoms. The van der Waals surface area contributed by atoms with Gasteiger partial charge in [0.2, 0.25) is 0 Å². The van der Waals surface area contributed by atoms with Crippen molar-refractivity contribution in [2.24, 2.45) is 0 Å². The van der Waals surface area contributed by atoms with Gasteiger partial charge in [-0.3, -0.25) is 0 Å². The smallest absolute Gasteiger partial charge is 0.103 e. The van der Waals surface area contributed by atoms with Crippen molar-refractivity contribution in [1.29, 1.82) is 0 Å². The molecular weight excluding hydrogens is 156 g/mol. The first kappa shape index (κ1) is 11.5. The minimum absolute atomic E-state index is 0.137. The highest BCUT2D eigenvalue weighted by Gasteiger charge is 2.13. The molecule has 0 radical (unpaired) electrons. The van der Waals surface area contributed by atoms with Crippen molar-refractivity contribution in [3.05, 3.63) is 12.8 Å². The topological polar surface area (TPSA) is 49.7 Å². The monoisotopic (exact) mass is 174 g/mol. The lowest BCUT2D eigenvalue weighted by Gasteiger charge is -2.19. The molecule has 3 nitrogen and oxygen atoms in total. The van der Waals surface area contributed by atoms with Gasteiger partial charge in [-0.25, -0.2) is 0 Å². The molecule has 0 amide bonds. The summed E-state index contributed by atoms with van der Waals surface area (Å²) in [6, 6.07) is 0. The lowest BCUT2D eigenvalue weighted by Crippen LogP contribution is -2.21. The third-order valence-electron chi connectivity index (χ3n) is 1.50. The molecule has 2 unspecified atom stereocenters. The van der Waals surface area contributed by atoms with Gasteiger partial charge in [0.15, 0.2) is 0 Å². The number of hydrogen-bond acceptors (Lipinski definition) is 3. The van der Waals surface area contributed by atoms with E-state index in [0.29, 0.717) is 12.8 Å². The van der Waals surface area contributed by atoms with Crippen LogP contribution in [0.15, 0.2) is 12.8 Å². The van der Waals surface area contributed by atoms with Crippen LogP contribution in [0.1, 0.15) is 26.7 Å². The first-order valence-electron chi connectivity index (χ1n) is 4.18. The third-order valence-corrected chi connectivity index (χ3v) is 1.50. The molecule has 2 N–H and O–H groups in total. The molecule has 0 aromatic heterocycles. The molecule has 0 spiro atoms. The van der Waals surface area contributed by atoms with Crippen molar-refractivity contribution in [3.63, 3.8) is 0 Å². The van der Waals surface area contributed by atoms with E-state index in [4.69, 9.17) is 14.9 Å². The molecule has 0 rings (SSSR count). The average molecular weight is 174 g/mol. The van der Waals surface area contributed by atoms with Gasteiger partial charge in [0.05, 0.1) is 18.5 Å². The number of rotatable bonds is 6. The summed E-state index contributed by atoms with van der Waals surface area (Å²) in [5.41, 5.74) is 0. The quantitative estimate of drug-likeness (QED) is 0.592. The van der Waals surface area contributed by atoms with Gasteiger partial charge in [0.1, 0.15) is 6.10 Å². The van der Waals surface area contributed by atoms with E-state index in [1.165, 1.54) is 6.26 Å². The molecule has 0 aliphatic carbocycles. The Hall–Kier alpha value is -0.540. The predicted octanol–water partition coefficient (Wildman–Crippen LogP) is 1.06. The summed E-state index contributed by atoms with van der Waals surface area (Å²) in [6.45, 7) is 6.82. The average Bonchev–Trinajstić information content (AvgIpc) is 1.84. The van der Waals surface area contributed by atoms with Crippen molar-refractivity contribution < 1.29 is 14.9 Å². The van der Waals surface area contributed by atoms with Crippen molar-refractivity contribution >= 4 is 0 Å². The first-order valence-corrected chi connectivity index (χ1v) is 4.18. The zero-order valence-electron chi connectivity index (χ0n) is 7.73. The lowest BCUT2D eigenvalue weighted by molar-refractivity contribution is 0.0399. The van der Waals surface area contributed by atoms with Gasteiger partial charge in [-0.05, 0) is 13.8 Å². The zero-order chi connectivity index (χ0) is 9.56. The molecular formula is C9H18O3. The van der Waals surface area contributed by atoms with Gasteiger partial charge in [-0.2, -0.15) is 0 Å². The molecule has 0 fully saturated rings. The van der Waals surface area contributed by atoms with Gasteiger partial charge in [0, 0.05) is 12.8 Å². The summed E-state index contributed by atoms with van der Waals surface area (Å²) in [6.07, 6.45) is 1.44. The van der Waals surface area contributed by atoms with Crippen LogP contribution >= 0.6 is 0 Å². The Morgan fingerprint density at radius 1 is 1.25 bits per heavy atom. The summed E-state index contributed by atoms with van der Waals surface area (Å²) in [4.78, 5) is 0. The minimum Gasteiger partial charge on any atom is -0.498 e. The van der Waals surface area contributed by atoms with Crippen LogP contribution in [0.3, 0.4) is 0 Å². The van der Waals surface area contributed by atoms with Crippen molar-refractivity contribution in [1.82, 2.24) is 0 Å². The molecule has 0 bridgehead atoms. The Morgan fingerprint density at radius 3 is 1.92 bits per heavy atom. The molecule has 2 atom stereocenters. The number of ether oxygens (including phenoxy) is 1. The number of aliphatic hydroxyl groups is 2. The molecule has 72 valence electrons. The molecule has 0 saturated carbocycles. The maximum Gasteiger partial charge on any atom is 0.103 e. The van der Waals surface area contributed by atoms with E-state index in [2.05, 4.69) is 6.58 Å². The van der Waals surface area contributed by atoms with Crippen LogP contribution in [-0.4, -0.2) is 28.5 Å². The summed E-state index contributed by atoms with van der Waals surface area (Å²) in [7, 11) is 0. The zero-order valence-corrected chi connectivity index (χ0v) is 7.73. The summed E-state index contributed by atoms with van der Waals surface area (Å²) >= 11 is 0. The largest absolute Gasteiger partial charge is 0.498 e. The molecule has 0 heterocycles. The Morgan fingerprint density at radius 2 is 1.67 bits per heavy atom. The highest BCUT2D eigenvalue weighted by atomic mass is 16.5. The van der Waals surface area contributed by atoms with Crippen LogP contribution in [0.2, 0.25) is 0 Å². The fraction of sp³-hybridized carbons (Fsp3) is 0.778. The molecule has 0 saturated heterocycles. The van der Waals surface area contributed by atoms with E-state index >= 15 is 0 Å². The minimum atomic E-state index is -0.409. The van der Waals surface area contributed by atoms with Crippen LogP contribution in [-0.2, 0) is 4.74 Å². The van der Waals surface area contributed by atoms with Crippen molar-refractivity contribution in [2.45, 2.75) is 45.0 Å². The van der Waals surface area contributed by atoms with E-state index in [-0.39, 0.29) is 6.10 Å². The SMILES string of the molecule is C=COC(CC(C)O)CC(C)O. The molecule has 3 heteroatoms. The molecule has 0 aliphatic rings. The lowest BCUT2D eigenvalue weighted by atomic mass is 10.1. The summed E-state index contributed by atoms with van der Waals surface area (Å²) in [5, 5.41) is 18.1. The Kier molecular flexibility index (Phi) is 5.76. The number of hydrogen-bond donors (Lipinski definition) is 2. The highest BCUT2D eigenvalue weighted by Crippen LogP contribution is 2.10. The standard InChI is InChI=1S/C9H18O3/c1-4-12-9(5-7(2)10)6-8(3)11/h4,7-11H,1,5-6H2,2-3H3. The highest BCUT2D eigenvalue weighted by molar-refractivity contribution is 4.68. The Bertz CT molecular complexity index is 111. The van der Waals surface area contributed by atoms with Gasteiger partial charge in [0.25, 0.3) is 0 Å². The van der Waals surface area contributed by atoms with Crippen molar-refractivity contribution in [2.75, 3.05) is 0 Å². The fourth-order valence-electron chi connectivity index (χ4n) is 1.10. The summed E-state index contributed by atoms with van der Waals surface area (Å²) in [5.74, 6) is 0. The van der Waals surface area contributed by atoms with Crippen LogP contribution in [0.4, 0.5) is 0 Å². The van der Waals surface area contributed by atoms with Crippen LogP contribution < -0.4 is 0 Å². The first-order chi connectivity index (χ1) is 5.56. The Labute approximate surface area is 73.7 Å². The van der Waals surface area contributed by atoms with E-state index in [9.17, 15) is 0 Å². The Balaban J connectivity index is 3.77. The van der Waals surface area contributed by atoms with E-state index in [0.717, 1.165) is 0 Å². The maximum atomic E-state index is 9.07. The van der Waals surface area contributed by atoms with Gasteiger partial charge >= 0.3 is 0 Å². The van der Waals surface area contributed by atoms with Gasteiger partial charge in [-0.1, -0.05) is 6.58 Å². The van der Waals surface area contributed by atoms with Crippen molar-refractivity contribution in [3.8, 4) is 0 Å². The predicted molar refractivity (Wildman–Crippen MR) is 47.7 cm³/mol. The maximum absolute atomic E-state index is 9.07. The second-order valence-corrected chi connectivity index (χ2v) is 3.09. The second kappa shape index (κ2) is 6.03. The molecule has 0 aromatic carbocycles. The van der Waals surface area contributed by atoms with E-state index in [1.807, 2.05) is 0 Å². The summed E-state index contributed by atoms with van der Waals surface area (Å²) < 4.78 is 5.11. The molecule has 0 aliphatic heterocycles. The van der Waals surface area contributed by atoms with Gasteiger partial charge < -0.3 is 14.9 Å². The number of aliphatic hydroxyl groups excluding tert-OH is 2. The third kappa shape index (κ3) is 6.19. The van der Waals surface area contributed by atoms with Gasteiger partial charge in [-0.15, -0.1) is 0 Å².